The maximum atomic E-state index is 13.1. The van der Waals surface area contributed by atoms with Crippen molar-refractivity contribution in [1.29, 1.82) is 0 Å². The Labute approximate surface area is 238 Å². The summed E-state index contributed by atoms with van der Waals surface area (Å²) >= 11 is 1.37. The maximum Gasteiger partial charge on any atom is 0.264 e. The molecule has 1 aliphatic heterocycles. The van der Waals surface area contributed by atoms with Crippen molar-refractivity contribution in [2.24, 2.45) is 0 Å². The first kappa shape index (κ1) is 27.1. The monoisotopic (exact) mass is 552 g/mol. The quantitative estimate of drug-likeness (QED) is 0.322. The van der Waals surface area contributed by atoms with Gasteiger partial charge >= 0.3 is 0 Å². The van der Waals surface area contributed by atoms with Crippen LogP contribution in [0.3, 0.4) is 0 Å². The molecular weight excluding hydrogens is 520 g/mol. The molecule has 4 aromatic rings. The van der Waals surface area contributed by atoms with Gasteiger partial charge in [0.2, 0.25) is 5.91 Å². The lowest BCUT2D eigenvalue weighted by Gasteiger charge is -2.36. The third-order valence-corrected chi connectivity index (χ3v) is 7.81. The Morgan fingerprint density at radius 1 is 0.825 bits per heavy atom. The van der Waals surface area contributed by atoms with Crippen molar-refractivity contribution in [3.05, 3.63) is 118 Å². The molecule has 1 fully saturated rings. The van der Waals surface area contributed by atoms with E-state index in [2.05, 4.69) is 10.2 Å². The Bertz CT molecular complexity index is 1430. The second-order valence-electron chi connectivity index (χ2n) is 9.86. The molecule has 5 rings (SSSR count). The van der Waals surface area contributed by atoms with Gasteiger partial charge in [-0.3, -0.25) is 14.4 Å². The van der Waals surface area contributed by atoms with E-state index in [1.165, 1.54) is 11.3 Å². The van der Waals surface area contributed by atoms with Gasteiger partial charge in [0.1, 0.15) is 6.54 Å². The molecule has 40 heavy (non-hydrogen) atoms. The van der Waals surface area contributed by atoms with E-state index in [9.17, 15) is 14.4 Å². The summed E-state index contributed by atoms with van der Waals surface area (Å²) in [4.78, 5) is 45.2. The van der Waals surface area contributed by atoms with Crippen LogP contribution >= 0.6 is 11.3 Å². The van der Waals surface area contributed by atoms with E-state index < -0.39 is 0 Å². The fourth-order valence-corrected chi connectivity index (χ4v) is 5.43. The highest BCUT2D eigenvalue weighted by molar-refractivity contribution is 7.12. The third kappa shape index (κ3) is 6.76. The Morgan fingerprint density at radius 3 is 2.17 bits per heavy atom. The van der Waals surface area contributed by atoms with E-state index in [4.69, 9.17) is 0 Å². The Morgan fingerprint density at radius 2 is 1.52 bits per heavy atom. The lowest BCUT2D eigenvalue weighted by atomic mass is 10.1. The van der Waals surface area contributed by atoms with Crippen molar-refractivity contribution in [2.45, 2.75) is 13.5 Å². The van der Waals surface area contributed by atoms with E-state index in [0.29, 0.717) is 30.2 Å². The number of hydrogen-bond donors (Lipinski definition) is 1. The summed E-state index contributed by atoms with van der Waals surface area (Å²) < 4.78 is 0. The molecule has 3 amide bonds. The molecule has 0 radical (unpaired) electrons. The number of anilines is 2. The average molecular weight is 553 g/mol. The number of nitrogens with zero attached hydrogens (tertiary/aromatic N) is 3. The number of carbonyl (C=O) groups is 3. The molecule has 1 aliphatic rings. The van der Waals surface area contributed by atoms with E-state index >= 15 is 0 Å². The van der Waals surface area contributed by atoms with Crippen molar-refractivity contribution in [2.75, 3.05) is 42.9 Å². The SMILES string of the molecule is Cc1ccc(C(=O)N2CCN(c3ccc(NC(=O)CN(Cc4ccccc4)C(=O)c4cccs4)cc3)CC2)cc1. The zero-order valence-electron chi connectivity index (χ0n) is 22.5. The van der Waals surface area contributed by atoms with Crippen LogP contribution < -0.4 is 10.2 Å². The van der Waals surface area contributed by atoms with Crippen LogP contribution in [-0.4, -0.2) is 60.2 Å². The van der Waals surface area contributed by atoms with Gasteiger partial charge < -0.3 is 20.0 Å². The molecule has 0 saturated carbocycles. The fourth-order valence-electron chi connectivity index (χ4n) is 4.74. The minimum atomic E-state index is -0.253. The molecule has 1 saturated heterocycles. The molecular formula is C32H32N4O3S. The highest BCUT2D eigenvalue weighted by Gasteiger charge is 2.23. The first-order valence-corrected chi connectivity index (χ1v) is 14.2. The molecule has 8 heteroatoms. The summed E-state index contributed by atoms with van der Waals surface area (Å²) in [5.41, 5.74) is 4.53. The molecule has 1 N–H and O–H groups in total. The summed E-state index contributed by atoms with van der Waals surface area (Å²) in [6.07, 6.45) is 0. The lowest BCUT2D eigenvalue weighted by molar-refractivity contribution is -0.117. The predicted molar refractivity (Wildman–Crippen MR) is 160 cm³/mol. The number of benzene rings is 3. The number of piperazine rings is 1. The number of rotatable bonds is 8. The molecule has 1 aromatic heterocycles. The van der Waals surface area contributed by atoms with Gasteiger partial charge in [0.05, 0.1) is 4.88 Å². The van der Waals surface area contributed by atoms with Gasteiger partial charge in [-0.1, -0.05) is 54.1 Å². The van der Waals surface area contributed by atoms with Crippen LogP contribution in [0.1, 0.15) is 31.2 Å². The molecule has 0 atom stereocenters. The summed E-state index contributed by atoms with van der Waals surface area (Å²) in [5, 5.41) is 4.79. The van der Waals surface area contributed by atoms with Crippen LogP contribution in [0.5, 0.6) is 0 Å². The summed E-state index contributed by atoms with van der Waals surface area (Å²) in [5.74, 6) is -0.349. The van der Waals surface area contributed by atoms with Crippen molar-refractivity contribution >= 4 is 40.4 Å². The topological polar surface area (TPSA) is 73.0 Å². The molecule has 0 aliphatic carbocycles. The summed E-state index contributed by atoms with van der Waals surface area (Å²) in [7, 11) is 0. The minimum absolute atomic E-state index is 0.0512. The van der Waals surface area contributed by atoms with Crippen LogP contribution in [0.2, 0.25) is 0 Å². The van der Waals surface area contributed by atoms with Crippen molar-refractivity contribution in [3.63, 3.8) is 0 Å². The largest absolute Gasteiger partial charge is 0.368 e. The van der Waals surface area contributed by atoms with Crippen LogP contribution in [0.4, 0.5) is 11.4 Å². The third-order valence-electron chi connectivity index (χ3n) is 6.95. The average Bonchev–Trinajstić information content (AvgIpc) is 3.53. The summed E-state index contributed by atoms with van der Waals surface area (Å²) in [6.45, 7) is 5.09. The zero-order chi connectivity index (χ0) is 27.9. The molecule has 7 nitrogen and oxygen atoms in total. The van der Waals surface area contributed by atoms with Gasteiger partial charge in [-0.2, -0.15) is 0 Å². The Hall–Kier alpha value is -4.43. The van der Waals surface area contributed by atoms with Crippen molar-refractivity contribution < 1.29 is 14.4 Å². The number of thiophene rings is 1. The Kier molecular flexibility index (Phi) is 8.56. The normalized spacial score (nSPS) is 13.1. The zero-order valence-corrected chi connectivity index (χ0v) is 23.3. The van der Waals surface area contributed by atoms with Gasteiger partial charge in [-0.15, -0.1) is 11.3 Å². The molecule has 0 unspecified atom stereocenters. The highest BCUT2D eigenvalue weighted by atomic mass is 32.1. The summed E-state index contributed by atoms with van der Waals surface area (Å²) in [6, 6.07) is 28.7. The van der Waals surface area contributed by atoms with Crippen LogP contribution in [0, 0.1) is 6.92 Å². The minimum Gasteiger partial charge on any atom is -0.368 e. The first-order chi connectivity index (χ1) is 19.5. The molecule has 3 aromatic carbocycles. The second-order valence-corrected chi connectivity index (χ2v) is 10.8. The smallest absolute Gasteiger partial charge is 0.264 e. The van der Waals surface area contributed by atoms with Crippen LogP contribution in [-0.2, 0) is 11.3 Å². The molecule has 0 bridgehead atoms. The number of amides is 3. The second kappa shape index (κ2) is 12.6. The van der Waals surface area contributed by atoms with Gasteiger partial charge in [0, 0.05) is 49.7 Å². The van der Waals surface area contributed by atoms with Crippen molar-refractivity contribution in [1.82, 2.24) is 9.80 Å². The highest BCUT2D eigenvalue weighted by Crippen LogP contribution is 2.21. The van der Waals surface area contributed by atoms with E-state index in [0.717, 1.165) is 35.5 Å². The molecule has 0 spiro atoms. The van der Waals surface area contributed by atoms with Crippen molar-refractivity contribution in [3.8, 4) is 0 Å². The van der Waals surface area contributed by atoms with E-state index in [1.807, 2.05) is 102 Å². The lowest BCUT2D eigenvalue weighted by Crippen LogP contribution is -2.48. The molecule has 204 valence electrons. The molecule has 2 heterocycles. The van der Waals surface area contributed by atoms with Crippen LogP contribution in [0.15, 0.2) is 96.4 Å². The number of carbonyl (C=O) groups excluding carboxylic acids is 3. The maximum absolute atomic E-state index is 13.1. The van der Waals surface area contributed by atoms with E-state index in [-0.39, 0.29) is 24.3 Å². The Balaban J connectivity index is 1.16. The van der Waals surface area contributed by atoms with E-state index in [1.54, 1.807) is 11.0 Å². The fraction of sp³-hybridized carbons (Fsp3) is 0.219. The number of aryl methyl sites for hydroxylation is 1. The van der Waals surface area contributed by atoms with Gasteiger partial charge in [-0.05, 0) is 60.3 Å². The van der Waals surface area contributed by atoms with Gasteiger partial charge in [-0.25, -0.2) is 0 Å². The van der Waals surface area contributed by atoms with Gasteiger partial charge in [0.15, 0.2) is 0 Å². The predicted octanol–water partition coefficient (Wildman–Crippen LogP) is 5.30. The van der Waals surface area contributed by atoms with Gasteiger partial charge in [0.25, 0.3) is 11.8 Å². The number of nitrogens with one attached hydrogen (secondary N) is 1. The first-order valence-electron chi connectivity index (χ1n) is 13.3. The van der Waals surface area contributed by atoms with Crippen LogP contribution in [0.25, 0.3) is 0 Å². The standard InChI is InChI=1S/C32H32N4O3S/c1-24-9-11-26(12-10-24)31(38)35-19-17-34(18-20-35)28-15-13-27(14-16-28)33-30(37)23-36(22-25-6-3-2-4-7-25)32(39)29-8-5-21-40-29/h2-16,21H,17-20,22-23H2,1H3,(H,33,37). The number of hydrogen-bond acceptors (Lipinski definition) is 5.